The van der Waals surface area contributed by atoms with Crippen LogP contribution in [0.1, 0.15) is 49.9 Å². The highest BCUT2D eigenvalue weighted by Crippen LogP contribution is 2.39. The number of nitrogens with zero attached hydrogens (tertiary/aromatic N) is 7. The topological polar surface area (TPSA) is 154 Å². The molecule has 2 aliphatic rings. The summed E-state index contributed by atoms with van der Waals surface area (Å²) in [4.78, 5) is 24.3. The number of anilines is 2. The number of aliphatic hydroxyl groups excluding tert-OH is 1. The zero-order chi connectivity index (χ0) is 30.0. The minimum atomic E-state index is -0.384. The number of halogens is 1. The summed E-state index contributed by atoms with van der Waals surface area (Å²) in [5.41, 5.74) is 4.68. The Hall–Kier alpha value is -4.29. The van der Waals surface area contributed by atoms with Crippen LogP contribution in [-0.4, -0.2) is 58.5 Å². The SMILES string of the molecule is Cc1cc(NC(=N)C2(C)CCN(c3nc4[nH]nc(-c5ccc6nn(C)cc6c5Cl)c4nc3CO)CC2)cn(C2CC2)c1=O. The van der Waals surface area contributed by atoms with Gasteiger partial charge in [0.2, 0.25) is 0 Å². The number of hydrogen-bond acceptors (Lipinski definition) is 8. The van der Waals surface area contributed by atoms with Crippen molar-refractivity contribution in [3.63, 3.8) is 0 Å². The third kappa shape index (κ3) is 4.74. The van der Waals surface area contributed by atoms with Gasteiger partial charge in [0.15, 0.2) is 11.5 Å². The summed E-state index contributed by atoms with van der Waals surface area (Å²) < 4.78 is 3.52. The molecule has 4 N–H and O–H groups in total. The minimum absolute atomic E-state index is 0.0407. The molecule has 0 atom stereocenters. The second kappa shape index (κ2) is 10.2. The molecule has 1 aliphatic heterocycles. The van der Waals surface area contributed by atoms with Gasteiger partial charge in [-0.3, -0.25) is 20.0 Å². The molecular weight excluding hydrogens is 568 g/mol. The lowest BCUT2D eigenvalue weighted by atomic mass is 9.79. The van der Waals surface area contributed by atoms with E-state index in [1.165, 1.54) is 0 Å². The highest BCUT2D eigenvalue weighted by atomic mass is 35.5. The Labute approximate surface area is 252 Å². The van der Waals surface area contributed by atoms with Crippen molar-refractivity contribution in [1.82, 2.24) is 34.5 Å². The second-order valence-electron chi connectivity index (χ2n) is 12.0. The molecule has 1 aliphatic carbocycles. The normalized spacial score (nSPS) is 16.7. The number of aryl methyl sites for hydroxylation is 2. The number of amidine groups is 1. The third-order valence-corrected chi connectivity index (χ3v) is 9.20. The van der Waals surface area contributed by atoms with Crippen molar-refractivity contribution in [1.29, 1.82) is 5.41 Å². The molecule has 5 heterocycles. The quantitative estimate of drug-likeness (QED) is 0.163. The first-order valence-corrected chi connectivity index (χ1v) is 14.8. The first-order valence-electron chi connectivity index (χ1n) is 14.5. The summed E-state index contributed by atoms with van der Waals surface area (Å²) in [6.45, 7) is 4.91. The van der Waals surface area contributed by atoms with Crippen molar-refractivity contribution in [3.05, 3.63) is 57.2 Å². The number of fused-ring (bicyclic) bond motifs is 2. The predicted molar refractivity (Wildman–Crippen MR) is 167 cm³/mol. The molecule has 0 radical (unpaired) electrons. The first kappa shape index (κ1) is 27.5. The van der Waals surface area contributed by atoms with E-state index in [1.54, 1.807) is 9.25 Å². The Morgan fingerprint density at radius 2 is 2.00 bits per heavy atom. The van der Waals surface area contributed by atoms with Crippen molar-refractivity contribution >= 4 is 51.0 Å². The zero-order valence-corrected chi connectivity index (χ0v) is 25.0. The standard InChI is InChI=1S/C30H33ClN10O2/c1-16-12-17(13-41(28(16)43)18-4-5-18)33-29(32)30(2)8-10-40(11-9-30)27-22(15-42)34-25-24(36-37-26(25)35-27)19-6-7-21-20(23(19)31)14-39(3)38-21/h6-7,12-14,18,42H,4-5,8-11,15H2,1-3H3,(H2,32,33)(H,35,36,37). The maximum absolute atomic E-state index is 12.5. The number of aromatic amines is 1. The van der Waals surface area contributed by atoms with Gasteiger partial charge in [-0.1, -0.05) is 18.5 Å². The van der Waals surface area contributed by atoms with Gasteiger partial charge in [-0.15, -0.1) is 0 Å². The van der Waals surface area contributed by atoms with E-state index in [4.69, 9.17) is 27.0 Å². The van der Waals surface area contributed by atoms with Crippen LogP contribution in [0.4, 0.5) is 11.5 Å². The third-order valence-electron chi connectivity index (χ3n) is 8.79. The molecule has 43 heavy (non-hydrogen) atoms. The highest BCUT2D eigenvalue weighted by Gasteiger charge is 2.36. The number of nitrogens with one attached hydrogen (secondary N) is 3. The monoisotopic (exact) mass is 600 g/mol. The summed E-state index contributed by atoms with van der Waals surface area (Å²) in [5.74, 6) is 1.03. The Morgan fingerprint density at radius 3 is 2.72 bits per heavy atom. The van der Waals surface area contributed by atoms with Crippen molar-refractivity contribution < 1.29 is 5.11 Å². The van der Waals surface area contributed by atoms with Crippen molar-refractivity contribution in [2.75, 3.05) is 23.3 Å². The fourth-order valence-electron chi connectivity index (χ4n) is 5.97. The predicted octanol–water partition coefficient (Wildman–Crippen LogP) is 4.55. The van der Waals surface area contributed by atoms with Crippen LogP contribution < -0.4 is 15.8 Å². The summed E-state index contributed by atoms with van der Waals surface area (Å²) in [6, 6.07) is 5.87. The van der Waals surface area contributed by atoms with E-state index < -0.39 is 0 Å². The highest BCUT2D eigenvalue weighted by molar-refractivity contribution is 6.38. The fraction of sp³-hybridized carbons (Fsp3) is 0.400. The van der Waals surface area contributed by atoms with Crippen LogP contribution in [0.25, 0.3) is 33.3 Å². The number of pyridine rings is 1. The molecular formula is C30H33ClN10O2. The smallest absolute Gasteiger partial charge is 0.253 e. The maximum Gasteiger partial charge on any atom is 0.253 e. The Morgan fingerprint density at radius 1 is 1.23 bits per heavy atom. The van der Waals surface area contributed by atoms with Crippen LogP contribution in [0, 0.1) is 17.7 Å². The Bertz CT molecular complexity index is 1960. The number of piperidine rings is 1. The number of H-pyrrole nitrogens is 1. The van der Waals surface area contributed by atoms with Gasteiger partial charge in [0, 0.05) is 60.5 Å². The van der Waals surface area contributed by atoms with Gasteiger partial charge in [-0.2, -0.15) is 10.2 Å². The first-order chi connectivity index (χ1) is 20.6. The molecule has 0 bridgehead atoms. The molecule has 0 amide bonds. The second-order valence-corrected chi connectivity index (χ2v) is 12.4. The molecule has 7 rings (SSSR count). The van der Waals surface area contributed by atoms with Crippen LogP contribution in [-0.2, 0) is 13.7 Å². The summed E-state index contributed by atoms with van der Waals surface area (Å²) in [6.07, 6.45) is 7.17. The number of hydrogen-bond donors (Lipinski definition) is 4. The summed E-state index contributed by atoms with van der Waals surface area (Å²) in [7, 11) is 1.85. The molecule has 1 aromatic carbocycles. The lowest BCUT2D eigenvalue weighted by Crippen LogP contribution is -2.45. The van der Waals surface area contributed by atoms with Crippen molar-refractivity contribution in [3.8, 4) is 11.3 Å². The Kier molecular flexibility index (Phi) is 6.51. The van der Waals surface area contributed by atoms with Crippen LogP contribution in [0.15, 0.2) is 35.4 Å². The van der Waals surface area contributed by atoms with Crippen LogP contribution in [0.5, 0.6) is 0 Å². The van der Waals surface area contributed by atoms with E-state index in [9.17, 15) is 9.90 Å². The average molecular weight is 601 g/mol. The molecule has 13 heteroatoms. The number of aromatic nitrogens is 7. The van der Waals surface area contributed by atoms with Gasteiger partial charge < -0.3 is 19.9 Å². The van der Waals surface area contributed by atoms with Crippen LogP contribution >= 0.6 is 11.6 Å². The lowest BCUT2D eigenvalue weighted by molar-refractivity contribution is 0.276. The van der Waals surface area contributed by atoms with E-state index in [0.717, 1.165) is 29.4 Å². The van der Waals surface area contributed by atoms with Crippen molar-refractivity contribution in [2.24, 2.45) is 12.5 Å². The molecule has 2 fully saturated rings. The number of rotatable bonds is 6. The molecule has 12 nitrogen and oxygen atoms in total. The fourth-order valence-corrected chi connectivity index (χ4v) is 6.27. The van der Waals surface area contributed by atoms with Gasteiger partial charge in [0.1, 0.15) is 22.7 Å². The van der Waals surface area contributed by atoms with Gasteiger partial charge >= 0.3 is 0 Å². The molecule has 1 saturated heterocycles. The van der Waals surface area contributed by atoms with Gasteiger partial charge in [-0.25, -0.2) is 9.97 Å². The van der Waals surface area contributed by atoms with Crippen LogP contribution in [0.3, 0.4) is 0 Å². The van der Waals surface area contributed by atoms with E-state index in [-0.39, 0.29) is 23.6 Å². The maximum atomic E-state index is 12.5. The average Bonchev–Trinajstić information content (AvgIpc) is 3.64. The molecule has 0 spiro atoms. The summed E-state index contributed by atoms with van der Waals surface area (Å²) in [5, 5.41) is 35.8. The largest absolute Gasteiger partial charge is 0.390 e. The minimum Gasteiger partial charge on any atom is -0.390 e. The molecule has 1 saturated carbocycles. The van der Waals surface area contributed by atoms with E-state index in [2.05, 4.69) is 32.4 Å². The van der Waals surface area contributed by atoms with Gasteiger partial charge in [0.05, 0.1) is 22.8 Å². The molecule has 0 unspecified atom stereocenters. The van der Waals surface area contributed by atoms with Gasteiger partial charge in [-0.05, 0) is 50.8 Å². The zero-order valence-electron chi connectivity index (χ0n) is 24.3. The number of aliphatic hydroxyl groups is 1. The Balaban J connectivity index is 1.12. The van der Waals surface area contributed by atoms with E-state index >= 15 is 0 Å². The van der Waals surface area contributed by atoms with Crippen molar-refractivity contribution in [2.45, 2.75) is 52.2 Å². The van der Waals surface area contributed by atoms with E-state index in [0.29, 0.717) is 76.3 Å². The van der Waals surface area contributed by atoms with E-state index in [1.807, 2.05) is 44.6 Å². The number of benzene rings is 1. The lowest BCUT2D eigenvalue weighted by Gasteiger charge is -2.40. The molecule has 5 aromatic rings. The van der Waals surface area contributed by atoms with Gasteiger partial charge in [0.25, 0.3) is 5.56 Å². The van der Waals surface area contributed by atoms with Crippen LogP contribution in [0.2, 0.25) is 5.02 Å². The molecule has 222 valence electrons. The molecule has 4 aromatic heterocycles. The summed E-state index contributed by atoms with van der Waals surface area (Å²) >= 11 is 6.76.